The van der Waals surface area contributed by atoms with Crippen LogP contribution in [0.2, 0.25) is 0 Å². The van der Waals surface area contributed by atoms with Crippen LogP contribution in [0.5, 0.6) is 0 Å². The first kappa shape index (κ1) is 14.4. The highest BCUT2D eigenvalue weighted by atomic mass is 32.3. The summed E-state index contributed by atoms with van der Waals surface area (Å²) < 4.78 is 29.7. The predicted octanol–water partition coefficient (Wildman–Crippen LogP) is -0.287. The molecule has 0 amide bonds. The zero-order valence-electron chi connectivity index (χ0n) is 7.74. The zero-order chi connectivity index (χ0) is 10.2. The van der Waals surface area contributed by atoms with E-state index in [4.69, 9.17) is 0 Å². The largest absolute Gasteiger partial charge is 0.404 e. The van der Waals surface area contributed by atoms with Gasteiger partial charge < -0.3 is 12.7 Å². The van der Waals surface area contributed by atoms with E-state index < -0.39 is 16.6 Å². The van der Waals surface area contributed by atoms with Gasteiger partial charge in [0.05, 0.1) is 6.61 Å². The third kappa shape index (κ3) is 9.83. The minimum atomic E-state index is -3.79. The quantitative estimate of drug-likeness (QED) is 0.498. The highest BCUT2D eigenvalue weighted by molar-refractivity contribution is 7.81. The summed E-state index contributed by atoms with van der Waals surface area (Å²) in [5.41, 5.74) is 3.32. The SMILES string of the molecule is CCOS(=O)(=O)OC(C)[NH3+].[CH2-]C. The van der Waals surface area contributed by atoms with Gasteiger partial charge in [-0.25, -0.2) is 4.18 Å². The molecule has 76 valence electrons. The van der Waals surface area contributed by atoms with Crippen molar-refractivity contribution < 1.29 is 22.5 Å². The van der Waals surface area contributed by atoms with Crippen molar-refractivity contribution in [3.8, 4) is 0 Å². The van der Waals surface area contributed by atoms with Gasteiger partial charge in [-0.15, -0.1) is 0 Å². The van der Waals surface area contributed by atoms with Crippen molar-refractivity contribution in [1.29, 1.82) is 0 Å². The molecule has 0 aromatic rings. The van der Waals surface area contributed by atoms with E-state index in [1.807, 2.05) is 0 Å². The van der Waals surface area contributed by atoms with Gasteiger partial charge in [-0.2, -0.15) is 19.5 Å². The molecule has 0 heterocycles. The second-order valence-corrected chi connectivity index (χ2v) is 2.97. The Bertz CT molecular complexity index is 176. The fraction of sp³-hybridized carbons (Fsp3) is 0.833. The van der Waals surface area contributed by atoms with Crippen LogP contribution < -0.4 is 5.73 Å². The van der Waals surface area contributed by atoms with Crippen molar-refractivity contribution in [3.63, 3.8) is 0 Å². The molecular weight excluding hydrogens is 182 g/mol. The van der Waals surface area contributed by atoms with E-state index in [2.05, 4.69) is 21.0 Å². The molecule has 0 fully saturated rings. The standard InChI is InChI=1S/C4H11NO4S.C2H5/c1-3-8-10(6,7)9-4(2)5;1-2/h4H,3,5H2,1-2H3;1H2,2H3/q;-1/p+1. The lowest BCUT2D eigenvalue weighted by molar-refractivity contribution is -0.466. The molecule has 5 nitrogen and oxygen atoms in total. The van der Waals surface area contributed by atoms with E-state index in [1.165, 1.54) is 6.92 Å². The minimum Gasteiger partial charge on any atom is -0.346 e. The lowest BCUT2D eigenvalue weighted by atomic mass is 10.7. The molecule has 1 atom stereocenters. The fourth-order valence-electron chi connectivity index (χ4n) is 0.373. The summed E-state index contributed by atoms with van der Waals surface area (Å²) in [5, 5.41) is 0. The number of hydrogen-bond donors (Lipinski definition) is 1. The molecule has 0 aromatic carbocycles. The lowest BCUT2D eigenvalue weighted by Gasteiger charge is -2.03. The minimum absolute atomic E-state index is 0.0784. The second-order valence-electron chi connectivity index (χ2n) is 1.72. The fourth-order valence-corrected chi connectivity index (χ4v) is 1.12. The van der Waals surface area contributed by atoms with Crippen LogP contribution in [-0.4, -0.2) is 21.3 Å². The van der Waals surface area contributed by atoms with Gasteiger partial charge in [-0.3, -0.25) is 0 Å². The van der Waals surface area contributed by atoms with Gasteiger partial charge in [0, 0.05) is 6.92 Å². The normalized spacial score (nSPS) is 13.1. The Morgan fingerprint density at radius 2 is 1.92 bits per heavy atom. The summed E-state index contributed by atoms with van der Waals surface area (Å²) in [5.74, 6) is 0. The first-order chi connectivity index (χ1) is 5.48. The molecule has 0 spiro atoms. The van der Waals surface area contributed by atoms with E-state index in [0.717, 1.165) is 0 Å². The molecular formula is C6H17NO4S. The van der Waals surface area contributed by atoms with E-state index >= 15 is 0 Å². The maximum absolute atomic E-state index is 10.6. The average molecular weight is 199 g/mol. The number of hydrogen-bond acceptors (Lipinski definition) is 4. The molecule has 12 heavy (non-hydrogen) atoms. The monoisotopic (exact) mass is 199 g/mol. The summed E-state index contributed by atoms with van der Waals surface area (Å²) in [6, 6.07) is 0. The highest BCUT2D eigenvalue weighted by Gasteiger charge is 2.14. The Morgan fingerprint density at radius 3 is 2.17 bits per heavy atom. The summed E-state index contributed by atoms with van der Waals surface area (Å²) in [6.07, 6.45) is -0.614. The molecule has 0 saturated carbocycles. The molecule has 0 radical (unpaired) electrons. The van der Waals surface area contributed by atoms with Crippen molar-refractivity contribution in [2.75, 3.05) is 6.61 Å². The van der Waals surface area contributed by atoms with Crippen molar-refractivity contribution >= 4 is 10.4 Å². The predicted molar refractivity (Wildman–Crippen MR) is 45.0 cm³/mol. The molecule has 0 aliphatic heterocycles. The second kappa shape index (κ2) is 7.48. The van der Waals surface area contributed by atoms with Crippen LogP contribution in [0.1, 0.15) is 20.8 Å². The van der Waals surface area contributed by atoms with Crippen molar-refractivity contribution in [2.45, 2.75) is 27.0 Å². The Kier molecular flexibility index (Phi) is 8.95. The van der Waals surface area contributed by atoms with Crippen molar-refractivity contribution in [2.24, 2.45) is 0 Å². The molecule has 0 saturated heterocycles. The van der Waals surface area contributed by atoms with Crippen molar-refractivity contribution in [3.05, 3.63) is 6.92 Å². The summed E-state index contributed by atoms with van der Waals surface area (Å²) in [4.78, 5) is 0. The van der Waals surface area contributed by atoms with Gasteiger partial charge in [0.15, 0.2) is 0 Å². The molecule has 1 unspecified atom stereocenters. The molecule has 0 rings (SSSR count). The Hall–Kier alpha value is -0.170. The zero-order valence-corrected chi connectivity index (χ0v) is 8.56. The summed E-state index contributed by atoms with van der Waals surface area (Å²) in [6.45, 7) is 8.15. The summed E-state index contributed by atoms with van der Waals surface area (Å²) in [7, 11) is -3.79. The van der Waals surface area contributed by atoms with Crippen LogP contribution in [-0.2, 0) is 18.8 Å². The van der Waals surface area contributed by atoms with Crippen LogP contribution in [0.15, 0.2) is 0 Å². The van der Waals surface area contributed by atoms with Crippen LogP contribution in [0.3, 0.4) is 0 Å². The third-order valence-electron chi connectivity index (χ3n) is 0.544. The smallest absolute Gasteiger partial charge is 0.346 e. The van der Waals surface area contributed by atoms with Crippen LogP contribution in [0.25, 0.3) is 0 Å². The topological polar surface area (TPSA) is 80.2 Å². The van der Waals surface area contributed by atoms with Gasteiger partial charge in [-0.1, -0.05) is 0 Å². The van der Waals surface area contributed by atoms with Gasteiger partial charge in [0.1, 0.15) is 0 Å². The van der Waals surface area contributed by atoms with Crippen LogP contribution >= 0.6 is 0 Å². The molecule has 0 aromatic heterocycles. The van der Waals surface area contributed by atoms with E-state index in [-0.39, 0.29) is 6.61 Å². The Morgan fingerprint density at radius 1 is 1.50 bits per heavy atom. The Balaban J connectivity index is 0. The van der Waals surface area contributed by atoms with E-state index in [0.29, 0.717) is 0 Å². The Labute approximate surface area is 74.2 Å². The molecule has 0 aliphatic carbocycles. The maximum atomic E-state index is 10.6. The van der Waals surface area contributed by atoms with Gasteiger partial charge in [0.2, 0.25) is 6.23 Å². The molecule has 6 heteroatoms. The van der Waals surface area contributed by atoms with E-state index in [9.17, 15) is 8.42 Å². The number of quaternary nitrogens is 1. The van der Waals surface area contributed by atoms with Crippen molar-refractivity contribution in [1.82, 2.24) is 0 Å². The van der Waals surface area contributed by atoms with Gasteiger partial charge >= 0.3 is 10.4 Å². The summed E-state index contributed by atoms with van der Waals surface area (Å²) >= 11 is 0. The van der Waals surface area contributed by atoms with Crippen LogP contribution in [0, 0.1) is 6.92 Å². The molecule has 0 bridgehead atoms. The van der Waals surface area contributed by atoms with Gasteiger partial charge in [-0.05, 0) is 6.92 Å². The lowest BCUT2D eigenvalue weighted by Crippen LogP contribution is -2.61. The molecule has 0 aliphatic rings. The molecule has 3 N–H and O–H groups in total. The number of rotatable bonds is 4. The van der Waals surface area contributed by atoms with E-state index in [1.54, 1.807) is 13.8 Å². The third-order valence-corrected chi connectivity index (χ3v) is 1.63. The van der Waals surface area contributed by atoms with Gasteiger partial charge in [0.25, 0.3) is 0 Å². The maximum Gasteiger partial charge on any atom is 0.404 e. The average Bonchev–Trinajstić information content (AvgIpc) is 1.88. The first-order valence-electron chi connectivity index (χ1n) is 3.59. The first-order valence-corrected chi connectivity index (χ1v) is 4.92. The van der Waals surface area contributed by atoms with Crippen LogP contribution in [0.4, 0.5) is 0 Å². The highest BCUT2D eigenvalue weighted by Crippen LogP contribution is 1.95.